The van der Waals surface area contributed by atoms with Crippen molar-refractivity contribution in [2.75, 3.05) is 13.6 Å². The quantitative estimate of drug-likeness (QED) is 0.806. The van der Waals surface area contributed by atoms with Gasteiger partial charge in [-0.1, -0.05) is 30.7 Å². The van der Waals surface area contributed by atoms with Gasteiger partial charge < -0.3 is 5.32 Å². The molecule has 0 bridgehead atoms. The van der Waals surface area contributed by atoms with E-state index in [2.05, 4.69) is 41.5 Å². The van der Waals surface area contributed by atoms with Gasteiger partial charge in [-0.15, -0.1) is 0 Å². The fourth-order valence-electron chi connectivity index (χ4n) is 2.51. The molecule has 1 unspecified atom stereocenters. The van der Waals surface area contributed by atoms with E-state index in [0.29, 0.717) is 12.6 Å². The Balaban J connectivity index is 2.03. The molecule has 1 amide bonds. The second-order valence-corrected chi connectivity index (χ2v) is 4.73. The molecule has 1 aromatic carbocycles. The average Bonchev–Trinajstić information content (AvgIpc) is 2.38. The van der Waals surface area contributed by atoms with E-state index in [9.17, 15) is 4.79 Å². The normalized spacial score (nSPS) is 21.1. The minimum absolute atomic E-state index is 0.567. The maximum absolute atomic E-state index is 10.2. The topological polar surface area (TPSA) is 32.3 Å². The molecule has 17 heavy (non-hydrogen) atoms. The molecule has 0 radical (unpaired) electrons. The molecule has 0 aliphatic carbocycles. The standard InChI is InChI=1S/C14H20N2O/c1-16-9-3-2-4-14(16)13-7-5-12(6-8-13)10-15-11-17/h5-8,11,14H,2-4,9-10H2,1H3,(H,15,17). The molecule has 1 saturated heterocycles. The highest BCUT2D eigenvalue weighted by Crippen LogP contribution is 2.29. The number of piperidine rings is 1. The maximum atomic E-state index is 10.2. The Bertz CT molecular complexity index is 361. The van der Waals surface area contributed by atoms with Crippen LogP contribution in [0.3, 0.4) is 0 Å². The van der Waals surface area contributed by atoms with E-state index in [0.717, 1.165) is 12.0 Å². The number of hydrogen-bond acceptors (Lipinski definition) is 2. The molecule has 0 spiro atoms. The largest absolute Gasteiger partial charge is 0.355 e. The smallest absolute Gasteiger partial charge is 0.207 e. The van der Waals surface area contributed by atoms with Crippen molar-refractivity contribution in [3.05, 3.63) is 35.4 Å². The average molecular weight is 232 g/mol. The van der Waals surface area contributed by atoms with E-state index in [1.165, 1.54) is 31.4 Å². The van der Waals surface area contributed by atoms with Gasteiger partial charge in [0, 0.05) is 12.6 Å². The molecule has 1 N–H and O–H groups in total. The van der Waals surface area contributed by atoms with Crippen molar-refractivity contribution in [3.63, 3.8) is 0 Å². The van der Waals surface area contributed by atoms with Crippen LogP contribution in [-0.4, -0.2) is 24.9 Å². The van der Waals surface area contributed by atoms with Crippen molar-refractivity contribution in [3.8, 4) is 0 Å². The number of nitrogens with zero attached hydrogens (tertiary/aromatic N) is 1. The van der Waals surface area contributed by atoms with Crippen LogP contribution in [0.15, 0.2) is 24.3 Å². The lowest BCUT2D eigenvalue weighted by molar-refractivity contribution is -0.109. The number of carbonyl (C=O) groups excluding carboxylic acids is 1. The molecule has 1 aliphatic heterocycles. The Morgan fingerprint density at radius 2 is 2.12 bits per heavy atom. The number of nitrogens with one attached hydrogen (secondary N) is 1. The monoisotopic (exact) mass is 232 g/mol. The van der Waals surface area contributed by atoms with Gasteiger partial charge in [-0.2, -0.15) is 0 Å². The number of likely N-dealkylation sites (tertiary alicyclic amines) is 1. The first-order valence-electron chi connectivity index (χ1n) is 6.27. The summed E-state index contributed by atoms with van der Waals surface area (Å²) in [5.41, 5.74) is 2.54. The zero-order valence-electron chi connectivity index (χ0n) is 10.4. The molecular formula is C14H20N2O. The number of hydrogen-bond donors (Lipinski definition) is 1. The van der Waals surface area contributed by atoms with E-state index in [-0.39, 0.29) is 0 Å². The number of benzene rings is 1. The van der Waals surface area contributed by atoms with E-state index < -0.39 is 0 Å². The summed E-state index contributed by atoms with van der Waals surface area (Å²) >= 11 is 0. The Morgan fingerprint density at radius 1 is 1.35 bits per heavy atom. The lowest BCUT2D eigenvalue weighted by atomic mass is 9.95. The Morgan fingerprint density at radius 3 is 2.76 bits per heavy atom. The van der Waals surface area contributed by atoms with Gasteiger partial charge in [-0.25, -0.2) is 0 Å². The highest BCUT2D eigenvalue weighted by Gasteiger charge is 2.20. The molecule has 1 aliphatic rings. The van der Waals surface area contributed by atoms with Crippen molar-refractivity contribution < 1.29 is 4.79 Å². The summed E-state index contributed by atoms with van der Waals surface area (Å²) in [5, 5.41) is 2.68. The lowest BCUT2D eigenvalue weighted by Gasteiger charge is -2.32. The molecule has 0 aromatic heterocycles. The van der Waals surface area contributed by atoms with Crippen molar-refractivity contribution in [1.82, 2.24) is 10.2 Å². The van der Waals surface area contributed by atoms with Crippen LogP contribution in [0.1, 0.15) is 36.4 Å². The summed E-state index contributed by atoms with van der Waals surface area (Å²) in [7, 11) is 2.20. The van der Waals surface area contributed by atoms with Gasteiger partial charge in [0.25, 0.3) is 0 Å². The van der Waals surface area contributed by atoms with Crippen LogP contribution in [0.2, 0.25) is 0 Å². The van der Waals surface area contributed by atoms with Gasteiger partial charge in [-0.3, -0.25) is 9.69 Å². The molecule has 1 aromatic rings. The predicted octanol–water partition coefficient (Wildman–Crippen LogP) is 2.09. The molecule has 3 nitrogen and oxygen atoms in total. The minimum Gasteiger partial charge on any atom is -0.355 e. The first-order chi connectivity index (χ1) is 8.31. The molecule has 0 saturated carbocycles. The van der Waals surface area contributed by atoms with Gasteiger partial charge in [0.2, 0.25) is 6.41 Å². The minimum atomic E-state index is 0.567. The summed E-state index contributed by atoms with van der Waals surface area (Å²) in [6.07, 6.45) is 4.63. The van der Waals surface area contributed by atoms with Crippen molar-refractivity contribution in [1.29, 1.82) is 0 Å². The summed E-state index contributed by atoms with van der Waals surface area (Å²) in [5.74, 6) is 0. The third-order valence-corrected chi connectivity index (χ3v) is 3.52. The van der Waals surface area contributed by atoms with E-state index in [1.54, 1.807) is 0 Å². The van der Waals surface area contributed by atoms with Crippen LogP contribution >= 0.6 is 0 Å². The zero-order chi connectivity index (χ0) is 12.1. The Labute approximate surface area is 103 Å². The second-order valence-electron chi connectivity index (χ2n) is 4.73. The third kappa shape index (κ3) is 3.07. The van der Waals surface area contributed by atoms with Crippen LogP contribution < -0.4 is 5.32 Å². The molecular weight excluding hydrogens is 212 g/mol. The van der Waals surface area contributed by atoms with E-state index in [4.69, 9.17) is 0 Å². The number of carbonyl (C=O) groups is 1. The van der Waals surface area contributed by atoms with Crippen LogP contribution in [-0.2, 0) is 11.3 Å². The van der Waals surface area contributed by atoms with Crippen LogP contribution in [0.25, 0.3) is 0 Å². The maximum Gasteiger partial charge on any atom is 0.207 e. The molecule has 92 valence electrons. The lowest BCUT2D eigenvalue weighted by Crippen LogP contribution is -2.29. The van der Waals surface area contributed by atoms with Crippen molar-refractivity contribution in [2.24, 2.45) is 0 Å². The van der Waals surface area contributed by atoms with Gasteiger partial charge in [0.1, 0.15) is 0 Å². The fourth-order valence-corrected chi connectivity index (χ4v) is 2.51. The number of rotatable bonds is 4. The zero-order valence-corrected chi connectivity index (χ0v) is 10.4. The molecule has 1 heterocycles. The van der Waals surface area contributed by atoms with Gasteiger partial charge in [0.15, 0.2) is 0 Å². The van der Waals surface area contributed by atoms with E-state index in [1.807, 2.05) is 0 Å². The van der Waals surface area contributed by atoms with Gasteiger partial charge >= 0.3 is 0 Å². The summed E-state index contributed by atoms with van der Waals surface area (Å²) in [6.45, 7) is 1.81. The number of amides is 1. The second kappa shape index (κ2) is 5.82. The first-order valence-corrected chi connectivity index (χ1v) is 6.27. The Kier molecular flexibility index (Phi) is 4.15. The Hall–Kier alpha value is -1.35. The summed E-state index contributed by atoms with van der Waals surface area (Å²) in [6, 6.07) is 9.15. The third-order valence-electron chi connectivity index (χ3n) is 3.52. The molecule has 1 fully saturated rings. The van der Waals surface area contributed by atoms with Crippen LogP contribution in [0.5, 0.6) is 0 Å². The molecule has 2 rings (SSSR count). The fraction of sp³-hybridized carbons (Fsp3) is 0.500. The SMILES string of the molecule is CN1CCCCC1c1ccc(CNC=O)cc1. The molecule has 3 heteroatoms. The van der Waals surface area contributed by atoms with Crippen LogP contribution in [0.4, 0.5) is 0 Å². The van der Waals surface area contributed by atoms with Crippen molar-refractivity contribution in [2.45, 2.75) is 31.8 Å². The predicted molar refractivity (Wildman–Crippen MR) is 68.6 cm³/mol. The summed E-state index contributed by atoms with van der Waals surface area (Å²) < 4.78 is 0. The molecule has 1 atom stereocenters. The highest BCUT2D eigenvalue weighted by molar-refractivity contribution is 5.46. The first kappa shape index (κ1) is 12.1. The van der Waals surface area contributed by atoms with E-state index >= 15 is 0 Å². The van der Waals surface area contributed by atoms with Gasteiger partial charge in [0.05, 0.1) is 0 Å². The van der Waals surface area contributed by atoms with Crippen molar-refractivity contribution >= 4 is 6.41 Å². The summed E-state index contributed by atoms with van der Waals surface area (Å²) in [4.78, 5) is 12.7. The highest BCUT2D eigenvalue weighted by atomic mass is 16.1. The van der Waals surface area contributed by atoms with Gasteiger partial charge in [-0.05, 0) is 37.6 Å². The van der Waals surface area contributed by atoms with Crippen LogP contribution in [0, 0.1) is 0 Å².